The minimum absolute atomic E-state index is 0.430. The van der Waals surface area contributed by atoms with Crippen LogP contribution in [0.25, 0.3) is 0 Å². The highest BCUT2D eigenvalue weighted by atomic mass is 15.0. The summed E-state index contributed by atoms with van der Waals surface area (Å²) in [5, 5.41) is 3.38. The van der Waals surface area contributed by atoms with Crippen LogP contribution < -0.4 is 5.32 Å². The third-order valence-electron chi connectivity index (χ3n) is 3.02. The van der Waals surface area contributed by atoms with Gasteiger partial charge in [-0.15, -0.1) is 0 Å². The normalized spacial score (nSPS) is 12.8. The van der Waals surface area contributed by atoms with Gasteiger partial charge < -0.3 is 5.32 Å². The van der Waals surface area contributed by atoms with E-state index in [1.165, 1.54) is 0 Å². The lowest BCUT2D eigenvalue weighted by molar-refractivity contribution is 0.616. The second kappa shape index (κ2) is 7.34. The minimum Gasteiger partial charge on any atom is -0.370 e. The van der Waals surface area contributed by atoms with Gasteiger partial charge in [0, 0.05) is 24.2 Å². The molecular weight excluding hydrogens is 222 g/mol. The van der Waals surface area contributed by atoms with Crippen LogP contribution >= 0.6 is 0 Å². The van der Waals surface area contributed by atoms with Gasteiger partial charge in [0.2, 0.25) is 0 Å². The van der Waals surface area contributed by atoms with E-state index in [-0.39, 0.29) is 0 Å². The standard InChI is InChI=1S/C15H27N3/c1-6-8-16-14-10-13(9-11(3)4)17-15(18-14)12(5)7-2/h10-12H,6-9H2,1-5H3,(H,16,17,18). The van der Waals surface area contributed by atoms with E-state index in [2.05, 4.69) is 51.0 Å². The maximum Gasteiger partial charge on any atom is 0.133 e. The van der Waals surface area contributed by atoms with Gasteiger partial charge in [-0.2, -0.15) is 0 Å². The molecule has 3 nitrogen and oxygen atoms in total. The van der Waals surface area contributed by atoms with Crippen molar-refractivity contribution in [1.29, 1.82) is 0 Å². The Bertz CT molecular complexity index is 361. The van der Waals surface area contributed by atoms with Crippen LogP contribution in [0, 0.1) is 5.92 Å². The van der Waals surface area contributed by atoms with E-state index in [4.69, 9.17) is 4.98 Å². The van der Waals surface area contributed by atoms with Crippen LogP contribution in [0.1, 0.15) is 64.9 Å². The van der Waals surface area contributed by atoms with Gasteiger partial charge in [-0.05, 0) is 25.2 Å². The zero-order valence-corrected chi connectivity index (χ0v) is 12.5. The van der Waals surface area contributed by atoms with Crippen LogP contribution in [0.15, 0.2) is 6.07 Å². The fourth-order valence-corrected chi connectivity index (χ4v) is 1.79. The van der Waals surface area contributed by atoms with Gasteiger partial charge in [0.05, 0.1) is 0 Å². The van der Waals surface area contributed by atoms with Crippen molar-refractivity contribution in [3.63, 3.8) is 0 Å². The number of hydrogen-bond donors (Lipinski definition) is 1. The maximum atomic E-state index is 4.70. The zero-order chi connectivity index (χ0) is 13.5. The Labute approximate surface area is 111 Å². The lowest BCUT2D eigenvalue weighted by Crippen LogP contribution is -2.10. The average molecular weight is 249 g/mol. The van der Waals surface area contributed by atoms with Crippen LogP contribution in [0.2, 0.25) is 0 Å². The highest BCUT2D eigenvalue weighted by Crippen LogP contribution is 2.19. The largest absolute Gasteiger partial charge is 0.370 e. The van der Waals surface area contributed by atoms with Crippen LogP contribution in [-0.4, -0.2) is 16.5 Å². The fraction of sp³-hybridized carbons (Fsp3) is 0.733. The summed E-state index contributed by atoms with van der Waals surface area (Å²) in [6.45, 7) is 12.0. The summed E-state index contributed by atoms with van der Waals surface area (Å²) in [6.07, 6.45) is 3.22. The third-order valence-corrected chi connectivity index (χ3v) is 3.02. The highest BCUT2D eigenvalue weighted by Gasteiger charge is 2.11. The van der Waals surface area contributed by atoms with E-state index in [1.807, 2.05) is 0 Å². The van der Waals surface area contributed by atoms with E-state index in [0.29, 0.717) is 11.8 Å². The molecule has 0 aromatic carbocycles. The number of anilines is 1. The number of rotatable bonds is 7. The molecular formula is C15H27N3. The Morgan fingerprint density at radius 3 is 2.44 bits per heavy atom. The highest BCUT2D eigenvalue weighted by molar-refractivity contribution is 5.36. The molecule has 0 aliphatic heterocycles. The fourth-order valence-electron chi connectivity index (χ4n) is 1.79. The Balaban J connectivity index is 2.95. The summed E-state index contributed by atoms with van der Waals surface area (Å²) >= 11 is 0. The van der Waals surface area contributed by atoms with Crippen LogP contribution in [-0.2, 0) is 6.42 Å². The SMILES string of the molecule is CCCNc1cc(CC(C)C)nc(C(C)CC)n1. The van der Waals surface area contributed by atoms with Crippen molar-refractivity contribution in [2.45, 2.75) is 59.8 Å². The first-order chi connectivity index (χ1) is 8.56. The number of hydrogen-bond acceptors (Lipinski definition) is 3. The predicted octanol–water partition coefficient (Wildman–Crippen LogP) is 4.01. The Morgan fingerprint density at radius 1 is 1.17 bits per heavy atom. The minimum atomic E-state index is 0.430. The van der Waals surface area contributed by atoms with Gasteiger partial charge >= 0.3 is 0 Å². The lowest BCUT2D eigenvalue weighted by Gasteiger charge is -2.13. The Kier molecular flexibility index (Phi) is 6.10. The summed E-state index contributed by atoms with van der Waals surface area (Å²) in [4.78, 5) is 9.33. The topological polar surface area (TPSA) is 37.8 Å². The van der Waals surface area contributed by atoms with Gasteiger partial charge in [-0.1, -0.05) is 34.6 Å². The number of nitrogens with zero attached hydrogens (tertiary/aromatic N) is 2. The molecule has 0 bridgehead atoms. The molecule has 0 aliphatic carbocycles. The number of aromatic nitrogens is 2. The van der Waals surface area contributed by atoms with Crippen LogP contribution in [0.4, 0.5) is 5.82 Å². The smallest absolute Gasteiger partial charge is 0.133 e. The van der Waals surface area contributed by atoms with E-state index in [9.17, 15) is 0 Å². The van der Waals surface area contributed by atoms with Gasteiger partial charge in [-0.25, -0.2) is 9.97 Å². The molecule has 1 aromatic rings. The monoisotopic (exact) mass is 249 g/mol. The Hall–Kier alpha value is -1.12. The molecule has 0 saturated carbocycles. The summed E-state index contributed by atoms with van der Waals surface area (Å²) in [5.74, 6) is 3.02. The molecule has 1 heterocycles. The van der Waals surface area contributed by atoms with Gasteiger partial charge in [0.1, 0.15) is 11.6 Å². The van der Waals surface area contributed by atoms with E-state index in [0.717, 1.165) is 43.1 Å². The number of nitrogens with one attached hydrogen (secondary N) is 1. The molecule has 0 fully saturated rings. The van der Waals surface area contributed by atoms with E-state index >= 15 is 0 Å². The van der Waals surface area contributed by atoms with Crippen molar-refractivity contribution in [1.82, 2.24) is 9.97 Å². The van der Waals surface area contributed by atoms with Gasteiger partial charge in [0.25, 0.3) is 0 Å². The molecule has 3 heteroatoms. The molecule has 0 aliphatic rings. The quantitative estimate of drug-likeness (QED) is 0.793. The summed E-state index contributed by atoms with van der Waals surface area (Å²) in [6, 6.07) is 2.10. The lowest BCUT2D eigenvalue weighted by atomic mass is 10.1. The second-order valence-corrected chi connectivity index (χ2v) is 5.44. The molecule has 1 atom stereocenters. The average Bonchev–Trinajstić information content (AvgIpc) is 2.34. The van der Waals surface area contributed by atoms with E-state index in [1.54, 1.807) is 0 Å². The molecule has 0 amide bonds. The molecule has 1 unspecified atom stereocenters. The third kappa shape index (κ3) is 4.63. The molecule has 0 saturated heterocycles. The molecule has 0 spiro atoms. The predicted molar refractivity (Wildman–Crippen MR) is 78.1 cm³/mol. The maximum absolute atomic E-state index is 4.70. The molecule has 102 valence electrons. The summed E-state index contributed by atoms with van der Waals surface area (Å²) in [7, 11) is 0. The van der Waals surface area contributed by atoms with Gasteiger partial charge in [0.15, 0.2) is 0 Å². The van der Waals surface area contributed by atoms with Crippen LogP contribution in [0.5, 0.6) is 0 Å². The molecule has 0 radical (unpaired) electrons. The van der Waals surface area contributed by atoms with Crippen molar-refractivity contribution in [2.24, 2.45) is 5.92 Å². The van der Waals surface area contributed by atoms with Gasteiger partial charge in [-0.3, -0.25) is 0 Å². The first-order valence-corrected chi connectivity index (χ1v) is 7.18. The summed E-state index contributed by atoms with van der Waals surface area (Å²) in [5.41, 5.74) is 1.16. The first kappa shape index (κ1) is 14.9. The van der Waals surface area contributed by atoms with Crippen molar-refractivity contribution in [2.75, 3.05) is 11.9 Å². The van der Waals surface area contributed by atoms with Crippen molar-refractivity contribution >= 4 is 5.82 Å². The molecule has 1 N–H and O–H groups in total. The summed E-state index contributed by atoms with van der Waals surface area (Å²) < 4.78 is 0. The van der Waals surface area contributed by atoms with Crippen molar-refractivity contribution in [3.8, 4) is 0 Å². The Morgan fingerprint density at radius 2 is 1.89 bits per heavy atom. The zero-order valence-electron chi connectivity index (χ0n) is 12.5. The van der Waals surface area contributed by atoms with Crippen molar-refractivity contribution in [3.05, 3.63) is 17.6 Å². The first-order valence-electron chi connectivity index (χ1n) is 7.18. The van der Waals surface area contributed by atoms with Crippen molar-refractivity contribution < 1.29 is 0 Å². The molecule has 1 aromatic heterocycles. The molecule has 1 rings (SSSR count). The molecule has 18 heavy (non-hydrogen) atoms. The second-order valence-electron chi connectivity index (χ2n) is 5.44. The van der Waals surface area contributed by atoms with E-state index < -0.39 is 0 Å². The van der Waals surface area contributed by atoms with Crippen LogP contribution in [0.3, 0.4) is 0 Å².